The first-order valence-electron chi connectivity index (χ1n) is 4.65. The fraction of sp³-hybridized carbons (Fsp3) is 0.250. The molecule has 1 aromatic rings. The molecule has 1 nitrogen and oxygen atoms in total. The Morgan fingerprint density at radius 3 is 2.79 bits per heavy atom. The summed E-state index contributed by atoms with van der Waals surface area (Å²) in [5.74, 6) is -0.699. The van der Waals surface area contributed by atoms with Gasteiger partial charge in [-0.15, -0.1) is 0 Å². The van der Waals surface area contributed by atoms with Gasteiger partial charge in [0.1, 0.15) is 5.82 Å². The third-order valence-electron chi connectivity index (χ3n) is 2.05. The van der Waals surface area contributed by atoms with Crippen LogP contribution in [0.25, 0.3) is 0 Å². The van der Waals surface area contributed by atoms with E-state index in [0.29, 0.717) is 6.42 Å². The summed E-state index contributed by atoms with van der Waals surface area (Å²) in [7, 11) is 0. The molecule has 0 aliphatic carbocycles. The van der Waals surface area contributed by atoms with Gasteiger partial charge in [-0.3, -0.25) is 4.79 Å². The molecule has 0 atom stereocenters. The van der Waals surface area contributed by atoms with Crippen molar-refractivity contribution in [2.45, 2.75) is 20.3 Å². The van der Waals surface area contributed by atoms with Gasteiger partial charge in [0.2, 0.25) is 0 Å². The molecule has 0 heterocycles. The average molecular weight is 192 g/mol. The summed E-state index contributed by atoms with van der Waals surface area (Å²) in [5, 5.41) is 0. The first kappa shape index (κ1) is 10.6. The molecular weight excluding hydrogens is 179 g/mol. The van der Waals surface area contributed by atoms with E-state index in [9.17, 15) is 9.18 Å². The summed E-state index contributed by atoms with van der Waals surface area (Å²) >= 11 is 0. The SMILES string of the molecule is C/C=C/C(=O)c1c(F)cccc1CC. The second kappa shape index (κ2) is 4.70. The Morgan fingerprint density at radius 2 is 2.21 bits per heavy atom. The minimum absolute atomic E-state index is 0.202. The van der Waals surface area contributed by atoms with Crippen LogP contribution in [0.4, 0.5) is 4.39 Å². The molecule has 2 heteroatoms. The van der Waals surface area contributed by atoms with Crippen LogP contribution in [0.1, 0.15) is 29.8 Å². The van der Waals surface area contributed by atoms with Gasteiger partial charge in [-0.2, -0.15) is 0 Å². The predicted octanol–water partition coefficient (Wildman–Crippen LogP) is 3.15. The zero-order valence-electron chi connectivity index (χ0n) is 8.38. The largest absolute Gasteiger partial charge is 0.289 e. The molecule has 0 radical (unpaired) electrons. The number of aryl methyl sites for hydroxylation is 1. The monoisotopic (exact) mass is 192 g/mol. The van der Waals surface area contributed by atoms with Crippen molar-refractivity contribution in [1.82, 2.24) is 0 Å². The predicted molar refractivity (Wildman–Crippen MR) is 54.9 cm³/mol. The minimum atomic E-state index is -0.438. The Bertz CT molecular complexity index is 367. The van der Waals surface area contributed by atoms with Crippen LogP contribution >= 0.6 is 0 Å². The maximum Gasteiger partial charge on any atom is 0.188 e. The summed E-state index contributed by atoms with van der Waals surface area (Å²) in [5.41, 5.74) is 0.959. The minimum Gasteiger partial charge on any atom is -0.289 e. The van der Waals surface area contributed by atoms with Crippen LogP contribution in [-0.4, -0.2) is 5.78 Å². The Balaban J connectivity index is 3.23. The highest BCUT2D eigenvalue weighted by Gasteiger charge is 2.12. The standard InChI is InChI=1S/C12H13FO/c1-3-6-11(14)12-9(4-2)7-5-8-10(12)13/h3,5-8H,4H2,1-2H3/b6-3+. The van der Waals surface area contributed by atoms with Crippen LogP contribution < -0.4 is 0 Å². The number of hydrogen-bond acceptors (Lipinski definition) is 1. The number of ketones is 1. The van der Waals surface area contributed by atoms with Gasteiger partial charge < -0.3 is 0 Å². The van der Waals surface area contributed by atoms with E-state index in [2.05, 4.69) is 0 Å². The van der Waals surface area contributed by atoms with Crippen molar-refractivity contribution in [2.75, 3.05) is 0 Å². The van der Waals surface area contributed by atoms with Gasteiger partial charge in [0.05, 0.1) is 5.56 Å². The van der Waals surface area contributed by atoms with E-state index in [4.69, 9.17) is 0 Å². The Morgan fingerprint density at radius 1 is 1.50 bits per heavy atom. The van der Waals surface area contributed by atoms with Crippen LogP contribution in [0.3, 0.4) is 0 Å². The summed E-state index contributed by atoms with van der Waals surface area (Å²) in [6.45, 7) is 3.64. The van der Waals surface area contributed by atoms with E-state index in [1.54, 1.807) is 25.1 Å². The molecule has 0 aliphatic heterocycles. The molecule has 0 fully saturated rings. The number of hydrogen-bond donors (Lipinski definition) is 0. The van der Waals surface area contributed by atoms with Gasteiger partial charge in [-0.25, -0.2) is 4.39 Å². The third-order valence-corrected chi connectivity index (χ3v) is 2.05. The molecule has 0 saturated carbocycles. The average Bonchev–Trinajstić information content (AvgIpc) is 2.17. The van der Waals surface area contributed by atoms with E-state index in [1.165, 1.54) is 12.1 Å². The maximum absolute atomic E-state index is 13.4. The summed E-state index contributed by atoms with van der Waals surface area (Å²) in [4.78, 5) is 11.5. The Kier molecular flexibility index (Phi) is 3.57. The van der Waals surface area contributed by atoms with Gasteiger partial charge in [0, 0.05) is 0 Å². The number of halogens is 1. The molecule has 0 N–H and O–H groups in total. The topological polar surface area (TPSA) is 17.1 Å². The molecule has 14 heavy (non-hydrogen) atoms. The highest BCUT2D eigenvalue weighted by Crippen LogP contribution is 2.15. The zero-order chi connectivity index (χ0) is 10.6. The van der Waals surface area contributed by atoms with E-state index in [0.717, 1.165) is 5.56 Å². The number of carbonyl (C=O) groups excluding carboxylic acids is 1. The number of rotatable bonds is 3. The molecule has 0 aliphatic rings. The van der Waals surface area contributed by atoms with Gasteiger partial charge in [0.15, 0.2) is 5.78 Å². The fourth-order valence-corrected chi connectivity index (χ4v) is 1.37. The van der Waals surface area contributed by atoms with Gasteiger partial charge in [0.25, 0.3) is 0 Å². The molecule has 0 unspecified atom stereocenters. The third kappa shape index (κ3) is 2.08. The van der Waals surface area contributed by atoms with Crippen LogP contribution in [0.15, 0.2) is 30.4 Å². The van der Waals surface area contributed by atoms with Gasteiger partial charge in [-0.1, -0.05) is 25.1 Å². The van der Waals surface area contributed by atoms with Crippen LogP contribution in [0, 0.1) is 5.82 Å². The van der Waals surface area contributed by atoms with Crippen molar-refractivity contribution in [3.63, 3.8) is 0 Å². The molecule has 1 rings (SSSR count). The van der Waals surface area contributed by atoms with E-state index < -0.39 is 5.82 Å². The van der Waals surface area contributed by atoms with Crippen molar-refractivity contribution >= 4 is 5.78 Å². The molecule has 1 aromatic carbocycles. The molecular formula is C12H13FO. The number of benzene rings is 1. The lowest BCUT2D eigenvalue weighted by Gasteiger charge is -2.04. The maximum atomic E-state index is 13.4. The lowest BCUT2D eigenvalue weighted by atomic mass is 10.0. The summed E-state index contributed by atoms with van der Waals surface area (Å²) < 4.78 is 13.4. The Hall–Kier alpha value is -1.44. The molecule has 0 aromatic heterocycles. The van der Waals surface area contributed by atoms with Gasteiger partial charge >= 0.3 is 0 Å². The lowest BCUT2D eigenvalue weighted by Crippen LogP contribution is -2.03. The fourth-order valence-electron chi connectivity index (χ4n) is 1.37. The molecule has 0 amide bonds. The van der Waals surface area contributed by atoms with E-state index in [1.807, 2.05) is 6.92 Å². The van der Waals surface area contributed by atoms with Crippen molar-refractivity contribution < 1.29 is 9.18 Å². The van der Waals surface area contributed by atoms with Crippen molar-refractivity contribution in [3.8, 4) is 0 Å². The molecule has 0 saturated heterocycles. The quantitative estimate of drug-likeness (QED) is 0.531. The first-order chi connectivity index (χ1) is 6.70. The lowest BCUT2D eigenvalue weighted by molar-refractivity contribution is 0.104. The zero-order valence-corrected chi connectivity index (χ0v) is 8.38. The molecule has 74 valence electrons. The van der Waals surface area contributed by atoms with Crippen molar-refractivity contribution in [1.29, 1.82) is 0 Å². The summed E-state index contributed by atoms with van der Waals surface area (Å²) in [6.07, 6.45) is 3.67. The second-order valence-corrected chi connectivity index (χ2v) is 2.99. The first-order valence-corrected chi connectivity index (χ1v) is 4.65. The van der Waals surface area contributed by atoms with Gasteiger partial charge in [-0.05, 0) is 31.1 Å². The van der Waals surface area contributed by atoms with Crippen LogP contribution in [0.5, 0.6) is 0 Å². The van der Waals surface area contributed by atoms with E-state index in [-0.39, 0.29) is 11.3 Å². The van der Waals surface area contributed by atoms with Crippen LogP contribution in [0.2, 0.25) is 0 Å². The van der Waals surface area contributed by atoms with Crippen LogP contribution in [-0.2, 0) is 6.42 Å². The number of allylic oxidation sites excluding steroid dienone is 2. The smallest absolute Gasteiger partial charge is 0.188 e. The Labute approximate surface area is 83.3 Å². The summed E-state index contributed by atoms with van der Waals surface area (Å²) in [6, 6.07) is 4.72. The highest BCUT2D eigenvalue weighted by molar-refractivity contribution is 6.05. The van der Waals surface area contributed by atoms with E-state index >= 15 is 0 Å². The molecule has 0 bridgehead atoms. The number of carbonyl (C=O) groups is 1. The highest BCUT2D eigenvalue weighted by atomic mass is 19.1. The normalized spacial score (nSPS) is 10.8. The van der Waals surface area contributed by atoms with Crippen molar-refractivity contribution in [2.24, 2.45) is 0 Å². The second-order valence-electron chi connectivity index (χ2n) is 2.99. The van der Waals surface area contributed by atoms with Crippen molar-refractivity contribution in [3.05, 3.63) is 47.3 Å². The molecule has 0 spiro atoms.